The van der Waals surface area contributed by atoms with Gasteiger partial charge in [0.15, 0.2) is 0 Å². The summed E-state index contributed by atoms with van der Waals surface area (Å²) in [6.45, 7) is 37.1. The number of hydrogen-bond acceptors (Lipinski definition) is 18. The third kappa shape index (κ3) is 31.1. The van der Waals surface area contributed by atoms with Crippen molar-refractivity contribution in [3.63, 3.8) is 0 Å². The Bertz CT molecular complexity index is 1350. The molecule has 0 aromatic carbocycles. The predicted molar refractivity (Wildman–Crippen MR) is 262 cm³/mol. The Kier molecular flexibility index (Phi) is 48.9. The molecule has 0 aliphatic carbocycles. The summed E-state index contributed by atoms with van der Waals surface area (Å²) in [6.07, 6.45) is 7.50. The van der Waals surface area contributed by atoms with E-state index in [1.165, 1.54) is 6.08 Å². The topological polar surface area (TPSA) is 213 Å². The lowest BCUT2D eigenvalue weighted by Gasteiger charge is -2.35. The van der Waals surface area contributed by atoms with Crippen LogP contribution in [0.15, 0.2) is 49.6 Å². The minimum atomic E-state index is -0.400. The highest BCUT2D eigenvalue weighted by Crippen LogP contribution is 2.32. The summed E-state index contributed by atoms with van der Waals surface area (Å²) in [5.74, 6) is -1.46. The van der Waals surface area contributed by atoms with Gasteiger partial charge in [-0.05, 0) is 52.4 Å². The Hall–Kier alpha value is -4.14. The van der Waals surface area contributed by atoms with Crippen LogP contribution in [0.2, 0.25) is 0 Å². The van der Waals surface area contributed by atoms with Crippen LogP contribution in [0.1, 0.15) is 110 Å². The first-order valence-corrected chi connectivity index (χ1v) is 21.1. The van der Waals surface area contributed by atoms with Crippen molar-refractivity contribution in [2.45, 2.75) is 110 Å². The van der Waals surface area contributed by atoms with Gasteiger partial charge < -0.3 is 66.4 Å². The number of rotatable bonds is 18. The summed E-state index contributed by atoms with van der Waals surface area (Å²) in [5.41, 5.74) is 0.466. The fourth-order valence-corrected chi connectivity index (χ4v) is 5.83. The maximum atomic E-state index is 11.2. The van der Waals surface area contributed by atoms with Crippen LogP contribution in [0.5, 0.6) is 0 Å². The van der Waals surface area contributed by atoms with Gasteiger partial charge in [0.25, 0.3) is 0 Å². The molecule has 0 aromatic heterocycles. The predicted octanol–water partition coefficient (Wildman–Crippen LogP) is 8.20. The minimum Gasteiger partial charge on any atom is -0.463 e. The zero-order valence-electron chi connectivity index (χ0n) is 39.3. The molecule has 18 heteroatoms. The van der Waals surface area contributed by atoms with E-state index < -0.39 is 5.97 Å². The molecule has 18 nitrogen and oxygen atoms in total. The first-order chi connectivity index (χ1) is 30.6. The third-order valence-electron chi connectivity index (χ3n) is 10.7. The molecule has 4 aliphatic rings. The fraction of sp³-hybridized carbons (Fsp3) is 0.720. The first kappa shape index (κ1) is 75.4. The monoisotopic (exact) mass is 981 g/mol. The number of carbonyl (C=O) groups excluding carboxylic acids is 6. The lowest BCUT2D eigenvalue weighted by molar-refractivity contribution is -0.185. The van der Waals surface area contributed by atoms with Crippen LogP contribution >= 0.6 is 0 Å². The van der Waals surface area contributed by atoms with Crippen LogP contribution in [0.25, 0.3) is 0 Å². The van der Waals surface area contributed by atoms with Crippen LogP contribution in [0.4, 0.5) is 0 Å². The highest BCUT2D eigenvalue weighted by molar-refractivity contribution is 5.87. The maximum absolute atomic E-state index is 11.2. The van der Waals surface area contributed by atoms with Crippen molar-refractivity contribution in [3.8, 4) is 0 Å². The van der Waals surface area contributed by atoms with Gasteiger partial charge in [-0.1, -0.05) is 83.7 Å². The SMILES string of the molecule is C.C.C.C.C=C(C)C(=O)OCC1(CC)COCOC1.C=C(C)C(=O)OCCC1(CC)COCOC1.C=CC(=O)OCC1(CC)COCOC1.C=CC(=O)OCCC1(CC)COCOC1.C=O.C=O. The summed E-state index contributed by atoms with van der Waals surface area (Å²) < 4.78 is 62.2. The molecule has 4 saturated heterocycles. The smallest absolute Gasteiger partial charge is 0.333 e. The summed E-state index contributed by atoms with van der Waals surface area (Å²) in [6, 6.07) is 0. The van der Waals surface area contributed by atoms with Gasteiger partial charge >= 0.3 is 23.9 Å². The maximum Gasteiger partial charge on any atom is 0.333 e. The average molecular weight is 981 g/mol. The van der Waals surface area contributed by atoms with E-state index in [0.717, 1.165) is 44.6 Å². The quantitative estimate of drug-likeness (QED) is 0.0719. The van der Waals surface area contributed by atoms with Crippen molar-refractivity contribution in [1.29, 1.82) is 0 Å². The zero-order valence-corrected chi connectivity index (χ0v) is 39.3. The van der Waals surface area contributed by atoms with E-state index >= 15 is 0 Å². The number of ether oxygens (including phenoxy) is 12. The van der Waals surface area contributed by atoms with Crippen molar-refractivity contribution in [2.75, 3.05) is 106 Å². The van der Waals surface area contributed by atoms with Gasteiger partial charge in [-0.2, -0.15) is 0 Å². The normalized spacial score (nSPS) is 17.4. The third-order valence-corrected chi connectivity index (χ3v) is 10.7. The van der Waals surface area contributed by atoms with Crippen LogP contribution in [-0.2, 0) is 85.6 Å². The first-order valence-electron chi connectivity index (χ1n) is 21.1. The highest BCUT2D eigenvalue weighted by Gasteiger charge is 2.36. The summed E-state index contributed by atoms with van der Waals surface area (Å²) in [4.78, 5) is 60.2. The van der Waals surface area contributed by atoms with E-state index in [1.54, 1.807) is 13.8 Å². The summed E-state index contributed by atoms with van der Waals surface area (Å²) >= 11 is 0. The number of carbonyl (C=O) groups is 6. The molecule has 4 aliphatic heterocycles. The molecule has 0 aromatic rings. The Morgan fingerprint density at radius 2 is 0.691 bits per heavy atom. The molecule has 4 fully saturated rings. The highest BCUT2D eigenvalue weighted by atomic mass is 16.7. The fourth-order valence-electron chi connectivity index (χ4n) is 5.83. The van der Waals surface area contributed by atoms with Crippen LogP contribution < -0.4 is 0 Å². The van der Waals surface area contributed by atoms with Gasteiger partial charge in [0, 0.05) is 34.1 Å². The van der Waals surface area contributed by atoms with Crippen molar-refractivity contribution in [1.82, 2.24) is 0 Å². The lowest BCUT2D eigenvalue weighted by Crippen LogP contribution is -2.41. The van der Waals surface area contributed by atoms with Gasteiger partial charge in [0.2, 0.25) is 0 Å². The van der Waals surface area contributed by atoms with E-state index in [4.69, 9.17) is 66.4 Å². The van der Waals surface area contributed by atoms with Gasteiger partial charge in [-0.25, -0.2) is 19.2 Å². The standard InChI is InChI=1S/C12H20O4.2C11H18O4.C10H16O4.2CH2O.4CH4/c1-4-12(7-14-9-15-8-12)5-6-16-11(13)10(2)3;1-4-11(5-13-8-14-6-11)7-15-10(12)9(2)3;1-3-10(12)15-6-5-11(4-2)7-13-9-14-8-11;1-3-9(11)14-7-10(4-2)5-12-8-13-6-10;2*1-2;;;;/h2,4-9H2,1,3H3;2,4-8H2,1,3H3;3H,1,4-9H2,2H3;3H,1,4-8H2,2H3;2*1H2;4*1H4. The Balaban J connectivity index is -0.000000180. The molecule has 0 spiro atoms. The van der Waals surface area contributed by atoms with Gasteiger partial charge in [-0.3, -0.25) is 0 Å². The molecular formula is C50H92O18. The Labute approximate surface area is 409 Å². The van der Waals surface area contributed by atoms with E-state index in [-0.39, 0.29) is 69.3 Å². The second kappa shape index (κ2) is 44.1. The minimum absolute atomic E-state index is 0. The summed E-state index contributed by atoms with van der Waals surface area (Å²) in [7, 11) is 0. The largest absolute Gasteiger partial charge is 0.463 e. The molecule has 0 N–H and O–H groups in total. The molecule has 0 bridgehead atoms. The molecule has 68 heavy (non-hydrogen) atoms. The molecule has 0 unspecified atom stereocenters. The number of hydrogen-bond donors (Lipinski definition) is 0. The van der Waals surface area contributed by atoms with Crippen molar-refractivity contribution in [3.05, 3.63) is 49.6 Å². The molecule has 400 valence electrons. The molecular weight excluding hydrogens is 889 g/mol. The molecule has 0 amide bonds. The van der Waals surface area contributed by atoms with Crippen molar-refractivity contribution < 1.29 is 85.6 Å². The van der Waals surface area contributed by atoms with E-state index in [2.05, 4.69) is 40.2 Å². The summed E-state index contributed by atoms with van der Waals surface area (Å²) in [5, 5.41) is 0. The Morgan fingerprint density at radius 3 is 0.971 bits per heavy atom. The van der Waals surface area contributed by atoms with E-state index in [1.807, 2.05) is 27.4 Å². The molecule has 4 rings (SSSR count). The average Bonchev–Trinajstić information content (AvgIpc) is 3.35. The van der Waals surface area contributed by atoms with E-state index in [0.29, 0.717) is 118 Å². The zero-order chi connectivity index (χ0) is 48.9. The molecule has 0 saturated carbocycles. The van der Waals surface area contributed by atoms with Crippen LogP contribution in [-0.4, -0.2) is 144 Å². The van der Waals surface area contributed by atoms with Gasteiger partial charge in [0.05, 0.1) is 76.9 Å². The number of esters is 4. The van der Waals surface area contributed by atoms with Gasteiger partial charge in [0.1, 0.15) is 54.0 Å². The Morgan fingerprint density at radius 1 is 0.441 bits per heavy atom. The molecule has 4 heterocycles. The lowest BCUT2D eigenvalue weighted by atomic mass is 9.83. The molecule has 0 radical (unpaired) electrons. The second-order valence-electron chi connectivity index (χ2n) is 15.6. The van der Waals surface area contributed by atoms with Crippen molar-refractivity contribution in [2.24, 2.45) is 21.7 Å². The van der Waals surface area contributed by atoms with Crippen LogP contribution in [0, 0.1) is 21.7 Å². The second-order valence-corrected chi connectivity index (χ2v) is 15.6. The van der Waals surface area contributed by atoms with Gasteiger partial charge in [-0.15, -0.1) is 0 Å². The molecule has 0 atom stereocenters. The van der Waals surface area contributed by atoms with Crippen LogP contribution in [0.3, 0.4) is 0 Å². The van der Waals surface area contributed by atoms with Crippen molar-refractivity contribution >= 4 is 37.5 Å². The van der Waals surface area contributed by atoms with E-state index in [9.17, 15) is 19.2 Å².